The van der Waals surface area contributed by atoms with Crippen LogP contribution in [0.2, 0.25) is 10.0 Å². The van der Waals surface area contributed by atoms with Crippen LogP contribution < -0.4 is 15.4 Å². The van der Waals surface area contributed by atoms with Crippen LogP contribution in [0.5, 0.6) is 5.75 Å². The molecule has 1 aliphatic rings. The van der Waals surface area contributed by atoms with Gasteiger partial charge < -0.3 is 39.2 Å². The Kier molecular flexibility index (Phi) is 15.3. The van der Waals surface area contributed by atoms with Crippen molar-refractivity contribution in [2.24, 2.45) is 5.41 Å². The fraction of sp³-hybridized carbons (Fsp3) is 0.415. The number of nitrogens with zero attached hydrogens (tertiary/aromatic N) is 2. The minimum Gasteiger partial charge on any atom is -0.495 e. The Labute approximate surface area is 341 Å². The topological polar surface area (TPSA) is 129 Å². The molecule has 0 spiro atoms. The molecular weight excluding hydrogens is 785 g/mol. The molecule has 16 heteroatoms. The van der Waals surface area contributed by atoms with E-state index in [1.807, 2.05) is 20.8 Å². The predicted molar refractivity (Wildman–Crippen MR) is 213 cm³/mol. The number of hydrogen-bond donors (Lipinski definition) is 2. The molecule has 306 valence electrons. The maximum atomic E-state index is 16.2. The Bertz CT molecular complexity index is 2040. The van der Waals surface area contributed by atoms with E-state index in [1.54, 1.807) is 6.08 Å². The van der Waals surface area contributed by atoms with Crippen LogP contribution in [0.4, 0.5) is 19.3 Å². The van der Waals surface area contributed by atoms with Gasteiger partial charge in [-0.25, -0.2) is 18.4 Å². The van der Waals surface area contributed by atoms with Crippen molar-refractivity contribution < 1.29 is 46.8 Å². The van der Waals surface area contributed by atoms with Crippen LogP contribution in [-0.4, -0.2) is 82.8 Å². The van der Waals surface area contributed by atoms with Gasteiger partial charge in [-0.3, -0.25) is 4.79 Å². The summed E-state index contributed by atoms with van der Waals surface area (Å²) in [5.74, 6) is -4.25. The van der Waals surface area contributed by atoms with Crippen molar-refractivity contribution in [2.75, 3.05) is 52.9 Å². The largest absolute Gasteiger partial charge is 0.495 e. The normalized spacial score (nSPS) is 18.8. The molecule has 4 unspecified atom stereocenters. The molecule has 4 rings (SSSR count). The summed E-state index contributed by atoms with van der Waals surface area (Å²) in [7, 11) is 4.33. The predicted octanol–water partition coefficient (Wildman–Crippen LogP) is 8.39. The van der Waals surface area contributed by atoms with Crippen molar-refractivity contribution in [3.8, 4) is 11.8 Å². The first-order valence-corrected chi connectivity index (χ1v) is 18.7. The van der Waals surface area contributed by atoms with E-state index in [-0.39, 0.29) is 64.5 Å². The first-order valence-electron chi connectivity index (χ1n) is 17.9. The van der Waals surface area contributed by atoms with Crippen LogP contribution in [0.15, 0.2) is 66.4 Å². The second-order valence-corrected chi connectivity index (χ2v) is 15.0. The number of ether oxygens (including phenoxy) is 5. The summed E-state index contributed by atoms with van der Waals surface area (Å²) in [4.78, 5) is 46.5. The van der Waals surface area contributed by atoms with Crippen molar-refractivity contribution >= 4 is 46.9 Å². The lowest BCUT2D eigenvalue weighted by Gasteiger charge is -2.26. The minimum absolute atomic E-state index is 0.0128. The van der Waals surface area contributed by atoms with E-state index in [1.165, 1.54) is 88.6 Å². The van der Waals surface area contributed by atoms with E-state index < -0.39 is 58.8 Å². The van der Waals surface area contributed by atoms with Crippen LogP contribution in [0, 0.1) is 23.1 Å². The van der Waals surface area contributed by atoms with Crippen molar-refractivity contribution in [1.29, 1.82) is 0 Å². The van der Waals surface area contributed by atoms with Crippen LogP contribution in [0.1, 0.15) is 62.0 Å². The third-order valence-electron chi connectivity index (χ3n) is 8.94. The number of halogens is 4. The molecule has 57 heavy (non-hydrogen) atoms. The molecule has 2 N–H and O–H groups in total. The second-order valence-electron chi connectivity index (χ2n) is 14.1. The number of anilines is 1. The number of carbonyl (C=O) groups excluding carboxylic acids is 3. The highest BCUT2D eigenvalue weighted by atomic mass is 35.5. The van der Waals surface area contributed by atoms with E-state index >= 15 is 8.78 Å². The molecule has 0 saturated carbocycles. The zero-order valence-corrected chi connectivity index (χ0v) is 34.5. The number of benzene rings is 3. The van der Waals surface area contributed by atoms with Gasteiger partial charge in [0, 0.05) is 44.8 Å². The Morgan fingerprint density at radius 3 is 2.30 bits per heavy atom. The highest BCUT2D eigenvalue weighted by Crippen LogP contribution is 2.54. The van der Waals surface area contributed by atoms with Gasteiger partial charge in [0.1, 0.15) is 35.0 Å². The van der Waals surface area contributed by atoms with E-state index in [4.69, 9.17) is 51.7 Å². The lowest BCUT2D eigenvalue weighted by molar-refractivity contribution is -0.118. The number of esters is 1. The lowest BCUT2D eigenvalue weighted by atomic mass is 9.71. The second kappa shape index (κ2) is 19.5. The fourth-order valence-electron chi connectivity index (χ4n) is 6.50. The Balaban J connectivity index is 1.71. The average molecular weight is 833 g/mol. The van der Waals surface area contributed by atoms with E-state index in [0.717, 1.165) is 6.07 Å². The van der Waals surface area contributed by atoms with Gasteiger partial charge in [-0.1, -0.05) is 67.0 Å². The summed E-state index contributed by atoms with van der Waals surface area (Å²) in [6.07, 6.45) is -0.201. The Morgan fingerprint density at radius 2 is 1.70 bits per heavy atom. The monoisotopic (exact) mass is 831 g/mol. The molecule has 0 radical (unpaired) electrons. The van der Waals surface area contributed by atoms with Gasteiger partial charge in [0.05, 0.1) is 49.1 Å². The van der Waals surface area contributed by atoms with Gasteiger partial charge in [-0.2, -0.15) is 0 Å². The zero-order chi connectivity index (χ0) is 42.1. The summed E-state index contributed by atoms with van der Waals surface area (Å²) in [6, 6.07) is 14.1. The summed E-state index contributed by atoms with van der Waals surface area (Å²) >= 11 is 12.5. The van der Waals surface area contributed by atoms with Gasteiger partial charge >= 0.3 is 17.6 Å². The maximum absolute atomic E-state index is 16.2. The van der Waals surface area contributed by atoms with Crippen molar-refractivity contribution in [2.45, 2.75) is 58.4 Å². The van der Waals surface area contributed by atoms with Gasteiger partial charge in [0.15, 0.2) is 0 Å². The molecule has 3 aromatic rings. The summed E-state index contributed by atoms with van der Waals surface area (Å²) < 4.78 is 58.7. The van der Waals surface area contributed by atoms with Crippen LogP contribution in [0.25, 0.3) is 4.85 Å². The standard InChI is InChI=1S/C41H46Cl2F2N4O8/c1-9-46-41(28-15-14-26(42)22-30(28)44)33(23-40(3,4)5)48-36(34(41)27-11-10-12-29(43)35(27)45)37(50)47-31-16-13-25(21-32(31)55-8)38(51)56-24(2)57-39(52)49(17-19-53-6)18-20-54-7/h10-16,21-24,34,36,48H,17-20H2,1-8H3/p+1. The Hall–Kier alpha value is -4.94. The van der Waals surface area contributed by atoms with Gasteiger partial charge in [-0.15, -0.1) is 0 Å². The Morgan fingerprint density at radius 1 is 1.02 bits per heavy atom. The highest BCUT2D eigenvalue weighted by molar-refractivity contribution is 6.31. The van der Waals surface area contributed by atoms with Crippen molar-refractivity contribution in [1.82, 2.24) is 10.2 Å². The van der Waals surface area contributed by atoms with Gasteiger partial charge in [0.2, 0.25) is 12.2 Å². The molecule has 3 aromatic carbocycles. The molecule has 0 aromatic heterocycles. The van der Waals surface area contributed by atoms with E-state index in [2.05, 4.69) is 16.7 Å². The van der Waals surface area contributed by atoms with Crippen LogP contribution in [-0.2, 0) is 29.3 Å². The minimum atomic E-state index is -1.76. The molecule has 0 aliphatic carbocycles. The van der Waals surface area contributed by atoms with Crippen molar-refractivity contribution in [3.63, 3.8) is 0 Å². The SMILES string of the molecule is CC#[N+]C1(c2ccc(Cl)cc2F)C(=CC(C)(C)C)NC(C(=O)Nc2ccc(C(=O)OC(C)OC(=O)N(CCOC)CCOC)cc2OC)C1c1cccc(Cl)c1F. The molecule has 1 saturated heterocycles. The first-order chi connectivity index (χ1) is 27.0. The molecule has 4 atom stereocenters. The summed E-state index contributed by atoms with van der Waals surface area (Å²) in [5.41, 5.74) is -1.83. The molecule has 12 nitrogen and oxygen atoms in total. The molecular formula is C41H47Cl2F2N4O8+. The van der Waals surface area contributed by atoms with Gasteiger partial charge in [-0.05, 0) is 47.9 Å². The third kappa shape index (κ3) is 10.5. The number of hydrogen-bond acceptors (Lipinski definition) is 9. The third-order valence-corrected chi connectivity index (χ3v) is 9.46. The molecule has 2 amide bonds. The summed E-state index contributed by atoms with van der Waals surface area (Å²) in [6.45, 7) is 9.61. The number of amides is 2. The first kappa shape index (κ1) is 44.8. The fourth-order valence-corrected chi connectivity index (χ4v) is 6.84. The number of rotatable bonds is 14. The maximum Gasteiger partial charge on any atom is 0.413 e. The van der Waals surface area contributed by atoms with Crippen LogP contribution >= 0.6 is 23.2 Å². The zero-order valence-electron chi connectivity index (χ0n) is 33.0. The number of methoxy groups -OCH3 is 3. The number of carbonyl (C=O) groups is 3. The average Bonchev–Trinajstić information content (AvgIpc) is 3.45. The number of allylic oxidation sites excluding steroid dienone is 1. The van der Waals surface area contributed by atoms with E-state index in [9.17, 15) is 14.4 Å². The quantitative estimate of drug-likeness (QED) is 0.122. The lowest BCUT2D eigenvalue weighted by Crippen LogP contribution is -2.41. The van der Waals surface area contributed by atoms with E-state index in [0.29, 0.717) is 5.70 Å². The molecule has 1 aliphatic heterocycles. The van der Waals surface area contributed by atoms with Crippen LogP contribution in [0.3, 0.4) is 0 Å². The molecule has 1 fully saturated rings. The smallest absolute Gasteiger partial charge is 0.413 e. The number of nitrogens with one attached hydrogen (secondary N) is 2. The van der Waals surface area contributed by atoms with Crippen molar-refractivity contribution in [3.05, 3.63) is 110 Å². The summed E-state index contributed by atoms with van der Waals surface area (Å²) in [5, 5.41) is 5.98. The highest BCUT2D eigenvalue weighted by Gasteiger charge is 2.67. The molecule has 0 bridgehead atoms. The molecule has 1 heterocycles. The van der Waals surface area contributed by atoms with Gasteiger partial charge in [0.25, 0.3) is 6.07 Å².